The molecule has 1 aromatic carbocycles. The minimum absolute atomic E-state index is 0.132. The van der Waals surface area contributed by atoms with Crippen LogP contribution in [0, 0.1) is 18.2 Å². The van der Waals surface area contributed by atoms with Gasteiger partial charge in [0.2, 0.25) is 11.8 Å². The summed E-state index contributed by atoms with van der Waals surface area (Å²) in [5.74, 6) is 1.32. The Kier molecular flexibility index (Phi) is 5.72. The SMILES string of the molecule is C#CCNC(=O)C1CCCN1C(C(=O)NC)c1ccccc1F. The van der Waals surface area contributed by atoms with E-state index in [9.17, 15) is 14.0 Å². The highest BCUT2D eigenvalue weighted by Gasteiger charge is 2.39. The maximum Gasteiger partial charge on any atom is 0.241 e. The molecule has 1 heterocycles. The number of nitrogens with zero attached hydrogens (tertiary/aromatic N) is 1. The molecule has 2 rings (SSSR count). The van der Waals surface area contributed by atoms with Crippen molar-refractivity contribution >= 4 is 11.8 Å². The highest BCUT2D eigenvalue weighted by molar-refractivity contribution is 5.86. The van der Waals surface area contributed by atoms with E-state index in [0.717, 1.165) is 6.42 Å². The van der Waals surface area contributed by atoms with E-state index in [-0.39, 0.29) is 23.9 Å². The van der Waals surface area contributed by atoms with Crippen LogP contribution >= 0.6 is 0 Å². The molecule has 23 heavy (non-hydrogen) atoms. The molecular weight excluding hydrogens is 297 g/mol. The second-order valence-corrected chi connectivity index (χ2v) is 5.36. The van der Waals surface area contributed by atoms with Gasteiger partial charge in [-0.2, -0.15) is 0 Å². The van der Waals surface area contributed by atoms with E-state index in [2.05, 4.69) is 16.6 Å². The summed E-state index contributed by atoms with van der Waals surface area (Å²) in [5.41, 5.74) is 0.267. The number of terminal acetylenes is 1. The van der Waals surface area contributed by atoms with Gasteiger partial charge in [-0.1, -0.05) is 24.1 Å². The van der Waals surface area contributed by atoms with Crippen LogP contribution < -0.4 is 10.6 Å². The summed E-state index contributed by atoms with van der Waals surface area (Å²) in [6, 6.07) is 4.80. The van der Waals surface area contributed by atoms with Crippen molar-refractivity contribution < 1.29 is 14.0 Å². The van der Waals surface area contributed by atoms with Gasteiger partial charge in [-0.25, -0.2) is 4.39 Å². The van der Waals surface area contributed by atoms with Crippen molar-refractivity contribution in [2.45, 2.75) is 24.9 Å². The van der Waals surface area contributed by atoms with E-state index in [1.165, 1.54) is 13.1 Å². The lowest BCUT2D eigenvalue weighted by molar-refractivity contribution is -0.131. The van der Waals surface area contributed by atoms with Crippen LogP contribution in [0.25, 0.3) is 0 Å². The molecule has 1 fully saturated rings. The van der Waals surface area contributed by atoms with E-state index < -0.39 is 17.9 Å². The molecule has 0 bridgehead atoms. The highest BCUT2D eigenvalue weighted by atomic mass is 19.1. The van der Waals surface area contributed by atoms with Crippen molar-refractivity contribution in [3.05, 3.63) is 35.6 Å². The Morgan fingerprint density at radius 2 is 2.22 bits per heavy atom. The van der Waals surface area contributed by atoms with Gasteiger partial charge in [-0.05, 0) is 18.9 Å². The molecule has 6 heteroatoms. The third-order valence-corrected chi connectivity index (χ3v) is 3.99. The lowest BCUT2D eigenvalue weighted by Gasteiger charge is -2.31. The Morgan fingerprint density at radius 1 is 1.48 bits per heavy atom. The molecule has 5 nitrogen and oxygen atoms in total. The Balaban J connectivity index is 2.32. The summed E-state index contributed by atoms with van der Waals surface area (Å²) in [6.07, 6.45) is 6.53. The van der Waals surface area contributed by atoms with Gasteiger partial charge in [0.05, 0.1) is 12.6 Å². The van der Waals surface area contributed by atoms with Crippen molar-refractivity contribution in [1.82, 2.24) is 15.5 Å². The van der Waals surface area contributed by atoms with Gasteiger partial charge in [0.1, 0.15) is 11.9 Å². The molecular formula is C17H20FN3O2. The van der Waals surface area contributed by atoms with E-state index in [0.29, 0.717) is 13.0 Å². The molecule has 0 radical (unpaired) electrons. The molecule has 0 spiro atoms. The molecule has 2 N–H and O–H groups in total. The van der Waals surface area contributed by atoms with Crippen LogP contribution in [0.15, 0.2) is 24.3 Å². The number of rotatable bonds is 5. The largest absolute Gasteiger partial charge is 0.358 e. The van der Waals surface area contributed by atoms with Crippen LogP contribution in [0.2, 0.25) is 0 Å². The van der Waals surface area contributed by atoms with E-state index in [4.69, 9.17) is 6.42 Å². The van der Waals surface area contributed by atoms with Crippen molar-refractivity contribution in [1.29, 1.82) is 0 Å². The predicted octanol–water partition coefficient (Wildman–Crippen LogP) is 0.827. The molecule has 1 aliphatic rings. The molecule has 0 aliphatic carbocycles. The maximum absolute atomic E-state index is 14.2. The summed E-state index contributed by atoms with van der Waals surface area (Å²) in [5, 5.41) is 5.20. The number of nitrogens with one attached hydrogen (secondary N) is 2. The van der Waals surface area contributed by atoms with Crippen molar-refractivity contribution in [3.63, 3.8) is 0 Å². The average Bonchev–Trinajstić information content (AvgIpc) is 3.03. The Bertz CT molecular complexity index is 627. The third kappa shape index (κ3) is 3.69. The topological polar surface area (TPSA) is 61.4 Å². The number of hydrogen-bond acceptors (Lipinski definition) is 3. The molecule has 2 unspecified atom stereocenters. The van der Waals surface area contributed by atoms with E-state index in [1.807, 2.05) is 0 Å². The Labute approximate surface area is 135 Å². The Morgan fingerprint density at radius 3 is 2.87 bits per heavy atom. The summed E-state index contributed by atoms with van der Waals surface area (Å²) in [7, 11) is 1.50. The molecule has 2 atom stereocenters. The van der Waals surface area contributed by atoms with Crippen LogP contribution in [-0.2, 0) is 9.59 Å². The smallest absolute Gasteiger partial charge is 0.241 e. The number of likely N-dealkylation sites (tertiary alicyclic amines) is 1. The number of amides is 2. The monoisotopic (exact) mass is 317 g/mol. The molecule has 1 saturated heterocycles. The van der Waals surface area contributed by atoms with Crippen molar-refractivity contribution in [3.8, 4) is 12.3 Å². The van der Waals surface area contributed by atoms with Crippen LogP contribution in [0.5, 0.6) is 0 Å². The number of carbonyl (C=O) groups excluding carboxylic acids is 2. The second kappa shape index (κ2) is 7.75. The minimum Gasteiger partial charge on any atom is -0.358 e. The van der Waals surface area contributed by atoms with Crippen LogP contribution in [0.1, 0.15) is 24.4 Å². The fourth-order valence-corrected chi connectivity index (χ4v) is 2.94. The summed E-state index contributed by atoms with van der Waals surface area (Å²) >= 11 is 0. The summed E-state index contributed by atoms with van der Waals surface area (Å²) < 4.78 is 14.2. The zero-order valence-electron chi connectivity index (χ0n) is 13.0. The third-order valence-electron chi connectivity index (χ3n) is 3.99. The van der Waals surface area contributed by atoms with E-state index in [1.54, 1.807) is 23.1 Å². The van der Waals surface area contributed by atoms with Gasteiger partial charge in [0.25, 0.3) is 0 Å². The second-order valence-electron chi connectivity index (χ2n) is 5.36. The van der Waals surface area contributed by atoms with Gasteiger partial charge in [-0.15, -0.1) is 6.42 Å². The van der Waals surface area contributed by atoms with Gasteiger partial charge < -0.3 is 10.6 Å². The molecule has 122 valence electrons. The number of carbonyl (C=O) groups is 2. The lowest BCUT2D eigenvalue weighted by Crippen LogP contribution is -2.48. The minimum atomic E-state index is -0.842. The standard InChI is InChI=1S/C17H20FN3O2/c1-3-10-20-16(22)14-9-6-11-21(14)15(17(23)19-2)12-7-4-5-8-13(12)18/h1,4-5,7-8,14-15H,6,9-11H2,2H3,(H,19,23)(H,20,22). The normalized spacial score (nSPS) is 18.9. The van der Waals surface area contributed by atoms with Gasteiger partial charge in [0, 0.05) is 19.2 Å². The molecule has 1 aliphatic heterocycles. The summed E-state index contributed by atoms with van der Waals surface area (Å²) in [4.78, 5) is 26.4. The molecule has 0 saturated carbocycles. The number of halogens is 1. The van der Waals surface area contributed by atoms with Gasteiger partial charge in [0.15, 0.2) is 0 Å². The fraction of sp³-hybridized carbons (Fsp3) is 0.412. The van der Waals surface area contributed by atoms with Gasteiger partial charge >= 0.3 is 0 Å². The van der Waals surface area contributed by atoms with Crippen LogP contribution in [0.3, 0.4) is 0 Å². The highest BCUT2D eigenvalue weighted by Crippen LogP contribution is 2.31. The van der Waals surface area contributed by atoms with Crippen LogP contribution in [-0.4, -0.2) is 42.9 Å². The first-order chi connectivity index (χ1) is 11.1. The summed E-state index contributed by atoms with van der Waals surface area (Å²) in [6.45, 7) is 0.675. The first kappa shape index (κ1) is 17.0. The number of hydrogen-bond donors (Lipinski definition) is 2. The maximum atomic E-state index is 14.2. The predicted molar refractivity (Wildman–Crippen MR) is 84.8 cm³/mol. The lowest BCUT2D eigenvalue weighted by atomic mass is 10.0. The molecule has 0 aromatic heterocycles. The zero-order chi connectivity index (χ0) is 16.8. The molecule has 2 amide bonds. The van der Waals surface area contributed by atoms with Crippen molar-refractivity contribution in [2.75, 3.05) is 20.1 Å². The average molecular weight is 317 g/mol. The van der Waals surface area contributed by atoms with Crippen molar-refractivity contribution in [2.24, 2.45) is 0 Å². The quantitative estimate of drug-likeness (QED) is 0.791. The zero-order valence-corrected chi connectivity index (χ0v) is 13.0. The Hall–Kier alpha value is -2.39. The first-order valence-electron chi connectivity index (χ1n) is 7.53. The fourth-order valence-electron chi connectivity index (χ4n) is 2.94. The van der Waals surface area contributed by atoms with E-state index >= 15 is 0 Å². The first-order valence-corrected chi connectivity index (χ1v) is 7.53. The number of benzene rings is 1. The van der Waals surface area contributed by atoms with Gasteiger partial charge in [-0.3, -0.25) is 14.5 Å². The molecule has 1 aromatic rings. The number of likely N-dealkylation sites (N-methyl/N-ethyl adjacent to an activating group) is 1. The van der Waals surface area contributed by atoms with Crippen LogP contribution in [0.4, 0.5) is 4.39 Å².